The summed E-state index contributed by atoms with van der Waals surface area (Å²) in [4.78, 5) is 28.4. The molecular weight excluding hydrogens is 490 g/mol. The predicted octanol–water partition coefficient (Wildman–Crippen LogP) is 4.85. The lowest BCUT2D eigenvalue weighted by molar-refractivity contribution is -0.132. The number of carbonyl (C=O) groups is 2. The van der Waals surface area contributed by atoms with Gasteiger partial charge in [-0.25, -0.2) is 0 Å². The summed E-state index contributed by atoms with van der Waals surface area (Å²) in [6.45, 7) is 3.90. The van der Waals surface area contributed by atoms with Gasteiger partial charge in [0.2, 0.25) is 6.79 Å². The first kappa shape index (κ1) is 25.0. The van der Waals surface area contributed by atoms with Gasteiger partial charge in [-0.1, -0.05) is 18.2 Å². The van der Waals surface area contributed by atoms with Crippen molar-refractivity contribution in [2.45, 2.75) is 26.0 Å². The summed E-state index contributed by atoms with van der Waals surface area (Å²) >= 11 is 0. The molecule has 1 saturated heterocycles. The lowest BCUT2D eigenvalue weighted by Crippen LogP contribution is -2.29. The summed E-state index contributed by atoms with van der Waals surface area (Å²) in [6, 6.07) is 16.1. The molecule has 0 saturated carbocycles. The summed E-state index contributed by atoms with van der Waals surface area (Å²) in [5, 5.41) is 11.6. The average molecular weight is 518 g/mol. The van der Waals surface area contributed by atoms with E-state index in [0.717, 1.165) is 0 Å². The zero-order chi connectivity index (χ0) is 27.0. The largest absolute Gasteiger partial charge is 0.506 e. The number of methoxy groups -OCH3 is 2. The van der Waals surface area contributed by atoms with E-state index in [4.69, 9.17) is 23.7 Å². The van der Waals surface area contributed by atoms with Crippen LogP contribution >= 0.6 is 0 Å². The van der Waals surface area contributed by atoms with Crippen molar-refractivity contribution in [2.75, 3.05) is 25.9 Å². The van der Waals surface area contributed by atoms with Gasteiger partial charge in [0.05, 0.1) is 31.9 Å². The van der Waals surface area contributed by atoms with Gasteiger partial charge in [-0.15, -0.1) is 0 Å². The highest BCUT2D eigenvalue weighted by Gasteiger charge is 2.47. The zero-order valence-electron chi connectivity index (χ0n) is 21.4. The van der Waals surface area contributed by atoms with Crippen LogP contribution in [0.1, 0.15) is 31.0 Å². The lowest BCUT2D eigenvalue weighted by atomic mass is 9.94. The van der Waals surface area contributed by atoms with E-state index in [9.17, 15) is 14.7 Å². The molecule has 3 aromatic rings. The van der Waals surface area contributed by atoms with Gasteiger partial charge in [-0.3, -0.25) is 14.5 Å². The molecule has 1 fully saturated rings. The number of aliphatic hydroxyl groups is 1. The molecule has 196 valence electrons. The number of ketones is 1. The highest BCUT2D eigenvalue weighted by molar-refractivity contribution is 6.51. The third-order valence-corrected chi connectivity index (χ3v) is 6.31. The summed E-state index contributed by atoms with van der Waals surface area (Å²) in [6.07, 6.45) is -0.0295. The quantitative estimate of drug-likeness (QED) is 0.270. The highest BCUT2D eigenvalue weighted by Crippen LogP contribution is 2.47. The first-order valence-corrected chi connectivity index (χ1v) is 12.0. The number of Topliss-reactive ketones (excluding diaryl/α,β-unsaturated/α-hetero) is 1. The number of nitrogens with zero attached hydrogens (tertiary/aromatic N) is 1. The zero-order valence-corrected chi connectivity index (χ0v) is 21.4. The third-order valence-electron chi connectivity index (χ3n) is 6.31. The topological polar surface area (TPSA) is 104 Å². The molecule has 0 aromatic heterocycles. The number of fused-ring (bicyclic) bond motifs is 1. The Morgan fingerprint density at radius 2 is 1.61 bits per heavy atom. The van der Waals surface area contributed by atoms with Crippen molar-refractivity contribution < 1.29 is 38.4 Å². The standard InChI is InChI=1S/C29H27NO8/c1-16(2)38-19-11-8-17(9-12-19)26-25(27(31)24-21(34-3)6-5-7-22(24)35-4)28(32)29(33)30(26)18-10-13-20-23(14-18)37-15-36-20/h5-14,16,26,31H,15H2,1-4H3/b27-25+. The summed E-state index contributed by atoms with van der Waals surface area (Å²) in [7, 11) is 2.89. The maximum Gasteiger partial charge on any atom is 0.300 e. The number of hydrogen-bond acceptors (Lipinski definition) is 8. The molecule has 1 amide bonds. The van der Waals surface area contributed by atoms with Gasteiger partial charge < -0.3 is 28.8 Å². The van der Waals surface area contributed by atoms with Crippen molar-refractivity contribution in [2.24, 2.45) is 0 Å². The Labute approximate surface area is 219 Å². The van der Waals surface area contributed by atoms with Crippen molar-refractivity contribution in [1.29, 1.82) is 0 Å². The van der Waals surface area contributed by atoms with E-state index in [1.54, 1.807) is 60.7 Å². The van der Waals surface area contributed by atoms with Crippen molar-refractivity contribution in [1.82, 2.24) is 0 Å². The number of hydrogen-bond donors (Lipinski definition) is 1. The van der Waals surface area contributed by atoms with Crippen LogP contribution in [0.4, 0.5) is 5.69 Å². The molecule has 2 heterocycles. The summed E-state index contributed by atoms with van der Waals surface area (Å²) in [5.74, 6) is 0.146. The van der Waals surface area contributed by atoms with Gasteiger partial charge in [0.1, 0.15) is 28.6 Å². The minimum Gasteiger partial charge on any atom is -0.506 e. The Balaban J connectivity index is 1.72. The Kier molecular flexibility index (Phi) is 6.59. The van der Waals surface area contributed by atoms with Crippen LogP contribution in [0.25, 0.3) is 5.76 Å². The molecule has 0 aliphatic carbocycles. The number of benzene rings is 3. The molecule has 3 aromatic carbocycles. The van der Waals surface area contributed by atoms with E-state index in [2.05, 4.69) is 0 Å². The number of aliphatic hydroxyl groups excluding tert-OH is 1. The number of ether oxygens (including phenoxy) is 5. The van der Waals surface area contributed by atoms with Gasteiger partial charge in [0.15, 0.2) is 11.5 Å². The number of amides is 1. The molecule has 1 atom stereocenters. The lowest BCUT2D eigenvalue weighted by Gasteiger charge is -2.26. The fourth-order valence-electron chi connectivity index (χ4n) is 4.67. The van der Waals surface area contributed by atoms with Gasteiger partial charge in [-0.05, 0) is 55.8 Å². The Morgan fingerprint density at radius 3 is 2.24 bits per heavy atom. The van der Waals surface area contributed by atoms with E-state index in [1.165, 1.54) is 19.1 Å². The Bertz CT molecular complexity index is 1400. The Morgan fingerprint density at radius 1 is 0.947 bits per heavy atom. The molecule has 0 spiro atoms. The molecule has 1 N–H and O–H groups in total. The first-order valence-electron chi connectivity index (χ1n) is 12.0. The van der Waals surface area contributed by atoms with Crippen LogP contribution in [0, 0.1) is 0 Å². The summed E-state index contributed by atoms with van der Waals surface area (Å²) in [5.41, 5.74) is 1.07. The molecule has 2 aliphatic rings. The van der Waals surface area contributed by atoms with Crippen LogP contribution in [0.2, 0.25) is 0 Å². The van der Waals surface area contributed by atoms with Gasteiger partial charge >= 0.3 is 0 Å². The van der Waals surface area contributed by atoms with E-state index < -0.39 is 23.5 Å². The Hall–Kier alpha value is -4.66. The second-order valence-electron chi connectivity index (χ2n) is 8.98. The van der Waals surface area contributed by atoms with Crippen LogP contribution < -0.4 is 28.6 Å². The number of anilines is 1. The monoisotopic (exact) mass is 517 g/mol. The predicted molar refractivity (Wildman–Crippen MR) is 139 cm³/mol. The minimum atomic E-state index is -0.960. The molecule has 5 rings (SSSR count). The van der Waals surface area contributed by atoms with E-state index in [-0.39, 0.29) is 35.5 Å². The second kappa shape index (κ2) is 10.0. The smallest absolute Gasteiger partial charge is 0.300 e. The van der Waals surface area contributed by atoms with Crippen molar-refractivity contribution in [3.05, 3.63) is 77.4 Å². The third kappa shape index (κ3) is 4.26. The van der Waals surface area contributed by atoms with E-state index >= 15 is 0 Å². The first-order chi connectivity index (χ1) is 18.3. The van der Waals surface area contributed by atoms with E-state index in [0.29, 0.717) is 28.5 Å². The minimum absolute atomic E-state index is 0.0295. The van der Waals surface area contributed by atoms with Crippen LogP contribution in [0.15, 0.2) is 66.2 Å². The molecule has 2 aliphatic heterocycles. The maximum atomic E-state index is 13.6. The average Bonchev–Trinajstić information content (AvgIpc) is 3.49. The van der Waals surface area contributed by atoms with Crippen molar-refractivity contribution in [3.8, 4) is 28.7 Å². The molecule has 38 heavy (non-hydrogen) atoms. The molecule has 0 radical (unpaired) electrons. The molecule has 9 heteroatoms. The molecular formula is C29H27NO8. The van der Waals surface area contributed by atoms with Gasteiger partial charge in [0.25, 0.3) is 11.7 Å². The van der Waals surface area contributed by atoms with E-state index in [1.807, 2.05) is 13.8 Å². The van der Waals surface area contributed by atoms with Crippen LogP contribution in [0.3, 0.4) is 0 Å². The van der Waals surface area contributed by atoms with Gasteiger partial charge in [0, 0.05) is 11.8 Å². The fourth-order valence-corrected chi connectivity index (χ4v) is 4.67. The van der Waals surface area contributed by atoms with Gasteiger partial charge in [-0.2, -0.15) is 0 Å². The fraction of sp³-hybridized carbons (Fsp3) is 0.241. The number of rotatable bonds is 7. The van der Waals surface area contributed by atoms with Crippen LogP contribution in [0.5, 0.6) is 28.7 Å². The normalized spacial score (nSPS) is 17.7. The van der Waals surface area contributed by atoms with Crippen molar-refractivity contribution >= 4 is 23.1 Å². The molecule has 1 unspecified atom stereocenters. The van der Waals surface area contributed by atoms with Crippen LogP contribution in [-0.4, -0.2) is 43.9 Å². The SMILES string of the molecule is COc1cccc(OC)c1/C(O)=C1\C(=O)C(=O)N(c2ccc3c(c2)OCO3)C1c1ccc(OC(C)C)cc1. The molecule has 0 bridgehead atoms. The number of carbonyl (C=O) groups excluding carboxylic acids is 2. The maximum absolute atomic E-state index is 13.6. The van der Waals surface area contributed by atoms with Crippen molar-refractivity contribution in [3.63, 3.8) is 0 Å². The highest BCUT2D eigenvalue weighted by atomic mass is 16.7. The second-order valence-corrected chi connectivity index (χ2v) is 8.98. The molecule has 9 nitrogen and oxygen atoms in total. The summed E-state index contributed by atoms with van der Waals surface area (Å²) < 4.78 is 27.6. The van der Waals surface area contributed by atoms with Crippen LogP contribution in [-0.2, 0) is 9.59 Å².